The van der Waals surface area contributed by atoms with Crippen molar-refractivity contribution in [3.63, 3.8) is 0 Å². The molecular formula is C11H16N6O. The lowest BCUT2D eigenvalue weighted by Gasteiger charge is -1.94. The number of aryl methyl sites for hydroxylation is 2. The van der Waals surface area contributed by atoms with Crippen molar-refractivity contribution in [2.24, 2.45) is 5.73 Å². The Morgan fingerprint density at radius 2 is 2.33 bits per heavy atom. The predicted octanol–water partition coefficient (Wildman–Crippen LogP) is 0.414. The Bertz CT molecular complexity index is 556. The van der Waals surface area contributed by atoms with Crippen molar-refractivity contribution in [1.82, 2.24) is 25.0 Å². The Balaban J connectivity index is 2.25. The number of amides is 1. The van der Waals surface area contributed by atoms with E-state index in [4.69, 9.17) is 5.73 Å². The van der Waals surface area contributed by atoms with Crippen molar-refractivity contribution < 1.29 is 4.79 Å². The van der Waals surface area contributed by atoms with Crippen LogP contribution in [0, 0.1) is 6.92 Å². The van der Waals surface area contributed by atoms with Crippen LogP contribution in [0.25, 0.3) is 11.4 Å². The molecule has 0 fully saturated rings. The Hall–Kier alpha value is -2.18. The molecule has 0 bridgehead atoms. The first-order valence-corrected chi connectivity index (χ1v) is 5.84. The molecule has 0 aliphatic carbocycles. The summed E-state index contributed by atoms with van der Waals surface area (Å²) in [6, 6.07) is 0. The number of carbonyl (C=O) groups is 1. The van der Waals surface area contributed by atoms with Gasteiger partial charge in [-0.25, -0.2) is 4.98 Å². The molecule has 3 N–H and O–H groups in total. The van der Waals surface area contributed by atoms with E-state index in [-0.39, 0.29) is 6.42 Å². The van der Waals surface area contributed by atoms with E-state index >= 15 is 0 Å². The molecule has 2 rings (SSSR count). The Kier molecular flexibility index (Phi) is 3.40. The van der Waals surface area contributed by atoms with Crippen LogP contribution in [0.15, 0.2) is 6.20 Å². The number of aromatic amines is 1. The van der Waals surface area contributed by atoms with Gasteiger partial charge >= 0.3 is 0 Å². The van der Waals surface area contributed by atoms with Crippen molar-refractivity contribution in [2.45, 2.75) is 33.2 Å². The summed E-state index contributed by atoms with van der Waals surface area (Å²) in [5.74, 6) is 0.586. The molecule has 1 amide bonds. The number of aromatic nitrogens is 5. The molecule has 96 valence electrons. The molecule has 7 nitrogen and oxygen atoms in total. The van der Waals surface area contributed by atoms with E-state index < -0.39 is 5.91 Å². The lowest BCUT2D eigenvalue weighted by Crippen LogP contribution is -2.14. The van der Waals surface area contributed by atoms with Gasteiger partial charge in [-0.2, -0.15) is 10.2 Å². The van der Waals surface area contributed by atoms with Gasteiger partial charge in [0.25, 0.3) is 0 Å². The molecule has 7 heteroatoms. The Morgan fingerprint density at radius 3 is 3.00 bits per heavy atom. The molecule has 0 spiro atoms. The maximum absolute atomic E-state index is 10.8. The van der Waals surface area contributed by atoms with Gasteiger partial charge in [-0.15, -0.1) is 0 Å². The fourth-order valence-electron chi connectivity index (χ4n) is 1.74. The SMILES string of the molecule is CCCn1cc(-c2n[nH]c(CC(N)=O)n2)c(C)n1. The van der Waals surface area contributed by atoms with E-state index in [0.717, 1.165) is 24.2 Å². The third-order valence-electron chi connectivity index (χ3n) is 2.51. The molecule has 0 aliphatic heterocycles. The van der Waals surface area contributed by atoms with Crippen LogP contribution in [0.5, 0.6) is 0 Å². The summed E-state index contributed by atoms with van der Waals surface area (Å²) in [6.07, 6.45) is 2.99. The molecule has 0 saturated heterocycles. The fraction of sp³-hybridized carbons (Fsp3) is 0.455. The smallest absolute Gasteiger partial charge is 0.225 e. The number of nitrogens with two attached hydrogens (primary N) is 1. The van der Waals surface area contributed by atoms with Crippen LogP contribution in [-0.4, -0.2) is 30.9 Å². The number of hydrogen-bond acceptors (Lipinski definition) is 4. The van der Waals surface area contributed by atoms with Gasteiger partial charge in [-0.1, -0.05) is 6.92 Å². The van der Waals surface area contributed by atoms with Gasteiger partial charge in [0, 0.05) is 12.7 Å². The number of hydrogen-bond donors (Lipinski definition) is 2. The largest absolute Gasteiger partial charge is 0.369 e. The first-order chi connectivity index (χ1) is 8.60. The Labute approximate surface area is 104 Å². The van der Waals surface area contributed by atoms with Crippen LogP contribution >= 0.6 is 0 Å². The molecule has 18 heavy (non-hydrogen) atoms. The molecule has 0 unspecified atom stereocenters. The zero-order valence-electron chi connectivity index (χ0n) is 10.5. The highest BCUT2D eigenvalue weighted by Gasteiger charge is 2.13. The number of nitrogens with one attached hydrogen (secondary N) is 1. The molecule has 2 heterocycles. The van der Waals surface area contributed by atoms with E-state index in [2.05, 4.69) is 27.2 Å². The van der Waals surface area contributed by atoms with Crippen LogP contribution in [-0.2, 0) is 17.8 Å². The average Bonchev–Trinajstić information content (AvgIpc) is 2.85. The summed E-state index contributed by atoms with van der Waals surface area (Å²) in [5.41, 5.74) is 6.84. The van der Waals surface area contributed by atoms with E-state index in [1.54, 1.807) is 0 Å². The minimum Gasteiger partial charge on any atom is -0.369 e. The monoisotopic (exact) mass is 248 g/mol. The van der Waals surface area contributed by atoms with Crippen LogP contribution < -0.4 is 5.73 Å². The third kappa shape index (κ3) is 2.55. The summed E-state index contributed by atoms with van der Waals surface area (Å²) in [7, 11) is 0. The third-order valence-corrected chi connectivity index (χ3v) is 2.51. The number of nitrogens with zero attached hydrogens (tertiary/aromatic N) is 4. The van der Waals surface area contributed by atoms with E-state index in [9.17, 15) is 4.79 Å². The highest BCUT2D eigenvalue weighted by Crippen LogP contribution is 2.18. The second-order valence-electron chi connectivity index (χ2n) is 4.14. The molecule has 2 aromatic heterocycles. The molecule has 2 aromatic rings. The van der Waals surface area contributed by atoms with Gasteiger partial charge in [-0.3, -0.25) is 14.6 Å². The van der Waals surface area contributed by atoms with Crippen LogP contribution in [0.4, 0.5) is 0 Å². The van der Waals surface area contributed by atoms with E-state index in [1.807, 2.05) is 17.8 Å². The first-order valence-electron chi connectivity index (χ1n) is 5.84. The van der Waals surface area contributed by atoms with E-state index in [0.29, 0.717) is 11.6 Å². The van der Waals surface area contributed by atoms with Crippen molar-refractivity contribution in [2.75, 3.05) is 0 Å². The highest BCUT2D eigenvalue weighted by atomic mass is 16.1. The summed E-state index contributed by atoms with van der Waals surface area (Å²) in [5, 5.41) is 11.2. The van der Waals surface area contributed by atoms with Crippen molar-refractivity contribution >= 4 is 5.91 Å². The molecule has 0 aromatic carbocycles. The standard InChI is InChI=1S/C11H16N6O/c1-3-4-17-6-8(7(2)16-17)11-13-10(14-15-11)5-9(12)18/h6H,3-5H2,1-2H3,(H2,12,18)(H,13,14,15). The zero-order valence-corrected chi connectivity index (χ0v) is 10.5. The number of carbonyl (C=O) groups excluding carboxylic acids is 1. The summed E-state index contributed by atoms with van der Waals surface area (Å²) in [4.78, 5) is 15.0. The molecule has 0 aliphatic rings. The molecular weight excluding hydrogens is 232 g/mol. The minimum absolute atomic E-state index is 0.0646. The van der Waals surface area contributed by atoms with Crippen molar-refractivity contribution in [3.8, 4) is 11.4 Å². The maximum atomic E-state index is 10.8. The summed E-state index contributed by atoms with van der Waals surface area (Å²) < 4.78 is 1.87. The van der Waals surface area contributed by atoms with Crippen molar-refractivity contribution in [1.29, 1.82) is 0 Å². The number of rotatable bonds is 5. The zero-order chi connectivity index (χ0) is 13.1. The van der Waals surface area contributed by atoms with Crippen LogP contribution in [0.2, 0.25) is 0 Å². The predicted molar refractivity (Wildman–Crippen MR) is 65.5 cm³/mol. The minimum atomic E-state index is -0.434. The quantitative estimate of drug-likeness (QED) is 0.800. The second-order valence-corrected chi connectivity index (χ2v) is 4.14. The van der Waals surface area contributed by atoms with Crippen LogP contribution in [0.3, 0.4) is 0 Å². The molecule has 0 radical (unpaired) electrons. The van der Waals surface area contributed by atoms with Crippen molar-refractivity contribution in [3.05, 3.63) is 17.7 Å². The van der Waals surface area contributed by atoms with Gasteiger partial charge in [0.1, 0.15) is 5.82 Å². The maximum Gasteiger partial charge on any atom is 0.225 e. The van der Waals surface area contributed by atoms with Crippen LogP contribution in [0.1, 0.15) is 24.9 Å². The normalized spacial score (nSPS) is 10.8. The van der Waals surface area contributed by atoms with Gasteiger partial charge in [0.2, 0.25) is 5.91 Å². The fourth-order valence-corrected chi connectivity index (χ4v) is 1.74. The lowest BCUT2D eigenvalue weighted by molar-refractivity contribution is -0.117. The van der Waals surface area contributed by atoms with Gasteiger partial charge < -0.3 is 5.73 Å². The summed E-state index contributed by atoms with van der Waals surface area (Å²) >= 11 is 0. The topological polar surface area (TPSA) is 102 Å². The highest BCUT2D eigenvalue weighted by molar-refractivity contribution is 5.75. The Morgan fingerprint density at radius 1 is 1.56 bits per heavy atom. The summed E-state index contributed by atoms with van der Waals surface area (Å²) in [6.45, 7) is 4.86. The van der Waals surface area contributed by atoms with Gasteiger partial charge in [0.15, 0.2) is 5.82 Å². The first kappa shape index (κ1) is 12.3. The van der Waals surface area contributed by atoms with E-state index in [1.165, 1.54) is 0 Å². The lowest BCUT2D eigenvalue weighted by atomic mass is 10.2. The van der Waals surface area contributed by atoms with Gasteiger partial charge in [0.05, 0.1) is 17.7 Å². The second kappa shape index (κ2) is 4.99. The molecule has 0 atom stereocenters. The number of H-pyrrole nitrogens is 1. The average molecular weight is 248 g/mol. The van der Waals surface area contributed by atoms with Gasteiger partial charge in [-0.05, 0) is 13.3 Å². The number of primary amides is 1. The molecule has 0 saturated carbocycles.